The molecule has 0 bridgehead atoms. The highest BCUT2D eigenvalue weighted by atomic mass is 79.9. The molecule has 0 saturated carbocycles. The van der Waals surface area contributed by atoms with Crippen molar-refractivity contribution < 1.29 is 14.3 Å². The lowest BCUT2D eigenvalue weighted by Gasteiger charge is -2.05. The first kappa shape index (κ1) is 16.5. The van der Waals surface area contributed by atoms with E-state index in [-0.39, 0.29) is 5.78 Å². The number of hydrogen-bond donors (Lipinski definition) is 0. The van der Waals surface area contributed by atoms with Gasteiger partial charge in [-0.05, 0) is 48.0 Å². The van der Waals surface area contributed by atoms with Crippen molar-refractivity contribution in [2.45, 2.75) is 0 Å². The number of ether oxygens (including phenoxy) is 2. The summed E-state index contributed by atoms with van der Waals surface area (Å²) in [5.74, 6) is 0.683. The van der Waals surface area contributed by atoms with Gasteiger partial charge in [-0.25, -0.2) is 0 Å². The number of carbonyl (C=O) groups excluding carboxylic acids is 1. The van der Waals surface area contributed by atoms with Crippen LogP contribution in [0.15, 0.2) is 59.1 Å². The van der Waals surface area contributed by atoms with E-state index in [9.17, 15) is 4.79 Å². The Balaban J connectivity index is 1.99. The summed E-state index contributed by atoms with van der Waals surface area (Å²) in [6.45, 7) is 1.03. The smallest absolute Gasteiger partial charge is 0.185 e. The van der Waals surface area contributed by atoms with E-state index in [2.05, 4.69) is 15.9 Å². The van der Waals surface area contributed by atoms with Gasteiger partial charge in [-0.3, -0.25) is 4.79 Å². The van der Waals surface area contributed by atoms with Crippen LogP contribution in [-0.2, 0) is 4.74 Å². The highest BCUT2D eigenvalue weighted by molar-refractivity contribution is 9.10. The number of ketones is 1. The van der Waals surface area contributed by atoms with Crippen LogP contribution >= 0.6 is 15.9 Å². The van der Waals surface area contributed by atoms with E-state index < -0.39 is 0 Å². The minimum Gasteiger partial charge on any atom is -0.491 e. The van der Waals surface area contributed by atoms with Crippen molar-refractivity contribution in [3.63, 3.8) is 0 Å². The van der Waals surface area contributed by atoms with E-state index in [0.29, 0.717) is 18.8 Å². The van der Waals surface area contributed by atoms with Crippen LogP contribution < -0.4 is 4.74 Å². The summed E-state index contributed by atoms with van der Waals surface area (Å²) in [6, 6.07) is 14.8. The molecule has 0 unspecified atom stereocenters. The molecule has 0 N–H and O–H groups in total. The van der Waals surface area contributed by atoms with E-state index >= 15 is 0 Å². The third-order valence-corrected chi connectivity index (χ3v) is 3.74. The third kappa shape index (κ3) is 4.83. The summed E-state index contributed by atoms with van der Waals surface area (Å²) in [5, 5.41) is 0. The molecule has 0 aliphatic carbocycles. The molecule has 0 aliphatic heterocycles. The van der Waals surface area contributed by atoms with Gasteiger partial charge in [0.1, 0.15) is 12.4 Å². The standard InChI is InChI=1S/C18H17BrO3/c1-21-12-13-22-16-9-6-15(7-10-16)18(20)11-8-14-4-2-3-5-17(14)19/h2-11H,12-13H2,1H3. The van der Waals surface area contributed by atoms with Crippen LogP contribution in [0, 0.1) is 0 Å². The molecule has 0 radical (unpaired) electrons. The Morgan fingerprint density at radius 2 is 1.82 bits per heavy atom. The predicted octanol–water partition coefficient (Wildman–Crippen LogP) is 4.37. The molecule has 0 saturated heterocycles. The first-order valence-corrected chi connectivity index (χ1v) is 7.69. The first-order chi connectivity index (χ1) is 10.7. The van der Waals surface area contributed by atoms with Gasteiger partial charge >= 0.3 is 0 Å². The van der Waals surface area contributed by atoms with E-state index in [0.717, 1.165) is 15.8 Å². The summed E-state index contributed by atoms with van der Waals surface area (Å²) < 4.78 is 11.3. The molecule has 22 heavy (non-hydrogen) atoms. The minimum absolute atomic E-state index is 0.0424. The SMILES string of the molecule is COCCOc1ccc(C(=O)C=Cc2ccccc2Br)cc1. The van der Waals surface area contributed by atoms with Crippen LogP contribution in [-0.4, -0.2) is 26.1 Å². The van der Waals surface area contributed by atoms with Crippen molar-refractivity contribution >= 4 is 27.8 Å². The molecule has 2 aromatic carbocycles. The quantitative estimate of drug-likeness (QED) is 0.417. The van der Waals surface area contributed by atoms with Gasteiger partial charge in [-0.15, -0.1) is 0 Å². The second kappa shape index (κ2) is 8.51. The molecule has 3 nitrogen and oxygen atoms in total. The Hall–Kier alpha value is -1.91. The summed E-state index contributed by atoms with van der Waals surface area (Å²) in [5.41, 5.74) is 1.60. The van der Waals surface area contributed by atoms with Crippen LogP contribution in [0.2, 0.25) is 0 Å². The Labute approximate surface area is 138 Å². The molecule has 0 aromatic heterocycles. The highest BCUT2D eigenvalue weighted by Crippen LogP contribution is 2.18. The fraction of sp³-hybridized carbons (Fsp3) is 0.167. The van der Waals surface area contributed by atoms with Crippen molar-refractivity contribution in [3.8, 4) is 5.75 Å². The van der Waals surface area contributed by atoms with Gasteiger partial charge in [0.25, 0.3) is 0 Å². The molecule has 0 spiro atoms. The van der Waals surface area contributed by atoms with E-state index in [4.69, 9.17) is 9.47 Å². The van der Waals surface area contributed by atoms with Crippen LogP contribution in [0.5, 0.6) is 5.75 Å². The maximum absolute atomic E-state index is 12.1. The van der Waals surface area contributed by atoms with Gasteiger partial charge in [0, 0.05) is 17.1 Å². The Kier molecular flexibility index (Phi) is 6.37. The lowest BCUT2D eigenvalue weighted by molar-refractivity contribution is 0.104. The van der Waals surface area contributed by atoms with E-state index in [1.807, 2.05) is 24.3 Å². The van der Waals surface area contributed by atoms with Gasteiger partial charge < -0.3 is 9.47 Å². The second-order valence-corrected chi connectivity index (χ2v) is 5.44. The number of methoxy groups -OCH3 is 1. The molecule has 0 atom stereocenters. The lowest BCUT2D eigenvalue weighted by atomic mass is 10.1. The Morgan fingerprint density at radius 1 is 1.09 bits per heavy atom. The number of halogens is 1. The molecule has 0 heterocycles. The maximum Gasteiger partial charge on any atom is 0.185 e. The van der Waals surface area contributed by atoms with E-state index in [1.54, 1.807) is 43.5 Å². The molecule has 0 aliphatic rings. The molecule has 2 rings (SSSR count). The highest BCUT2D eigenvalue weighted by Gasteiger charge is 2.03. The van der Waals surface area contributed by atoms with Crippen LogP contribution in [0.25, 0.3) is 6.08 Å². The van der Waals surface area contributed by atoms with Gasteiger partial charge in [0.15, 0.2) is 5.78 Å². The zero-order valence-electron chi connectivity index (χ0n) is 12.3. The van der Waals surface area contributed by atoms with Crippen LogP contribution in [0.1, 0.15) is 15.9 Å². The number of hydrogen-bond acceptors (Lipinski definition) is 3. The molecule has 0 amide bonds. The number of carbonyl (C=O) groups is 1. The largest absolute Gasteiger partial charge is 0.491 e. The normalized spacial score (nSPS) is 10.8. The van der Waals surface area contributed by atoms with Crippen LogP contribution in [0.4, 0.5) is 0 Å². The number of allylic oxidation sites excluding steroid dienone is 1. The van der Waals surface area contributed by atoms with Gasteiger partial charge in [0.2, 0.25) is 0 Å². The molecule has 114 valence electrons. The van der Waals surface area contributed by atoms with Crippen molar-refractivity contribution in [2.24, 2.45) is 0 Å². The number of rotatable bonds is 7. The van der Waals surface area contributed by atoms with Crippen molar-refractivity contribution in [2.75, 3.05) is 20.3 Å². The third-order valence-electron chi connectivity index (χ3n) is 3.01. The Morgan fingerprint density at radius 3 is 2.50 bits per heavy atom. The average Bonchev–Trinajstić information content (AvgIpc) is 2.55. The zero-order valence-corrected chi connectivity index (χ0v) is 13.9. The second-order valence-electron chi connectivity index (χ2n) is 4.58. The monoisotopic (exact) mass is 360 g/mol. The summed E-state index contributed by atoms with van der Waals surface area (Å²) >= 11 is 3.45. The molecule has 2 aromatic rings. The lowest BCUT2D eigenvalue weighted by Crippen LogP contribution is -2.04. The van der Waals surface area contributed by atoms with Crippen molar-refractivity contribution in [1.82, 2.24) is 0 Å². The van der Waals surface area contributed by atoms with Crippen molar-refractivity contribution in [3.05, 3.63) is 70.2 Å². The van der Waals surface area contributed by atoms with Crippen LogP contribution in [0.3, 0.4) is 0 Å². The summed E-state index contributed by atoms with van der Waals surface area (Å²) in [7, 11) is 1.63. The first-order valence-electron chi connectivity index (χ1n) is 6.89. The maximum atomic E-state index is 12.1. The summed E-state index contributed by atoms with van der Waals surface area (Å²) in [6.07, 6.45) is 3.37. The fourth-order valence-electron chi connectivity index (χ4n) is 1.83. The molecule has 4 heteroatoms. The van der Waals surface area contributed by atoms with Gasteiger partial charge in [-0.1, -0.05) is 34.1 Å². The van der Waals surface area contributed by atoms with Crippen molar-refractivity contribution in [1.29, 1.82) is 0 Å². The predicted molar refractivity (Wildman–Crippen MR) is 91.3 cm³/mol. The fourth-order valence-corrected chi connectivity index (χ4v) is 2.25. The van der Waals surface area contributed by atoms with Gasteiger partial charge in [-0.2, -0.15) is 0 Å². The molecule has 0 fully saturated rings. The zero-order chi connectivity index (χ0) is 15.8. The number of benzene rings is 2. The van der Waals surface area contributed by atoms with Gasteiger partial charge in [0.05, 0.1) is 6.61 Å². The average molecular weight is 361 g/mol. The molecular formula is C18H17BrO3. The topological polar surface area (TPSA) is 35.5 Å². The van der Waals surface area contributed by atoms with E-state index in [1.165, 1.54) is 0 Å². The summed E-state index contributed by atoms with van der Waals surface area (Å²) in [4.78, 5) is 12.1. The Bertz CT molecular complexity index is 648. The molecular weight excluding hydrogens is 344 g/mol. The minimum atomic E-state index is -0.0424.